The molecule has 16 heavy (non-hydrogen) atoms. The number of nitrogens with one attached hydrogen (secondary N) is 1. The van der Waals surface area contributed by atoms with E-state index < -0.39 is 11.9 Å². The summed E-state index contributed by atoms with van der Waals surface area (Å²) in [6.45, 7) is 1.81. The average Bonchev–Trinajstić information content (AvgIpc) is 2.25. The molecule has 0 fully saturated rings. The Balaban J connectivity index is 2.94. The Labute approximate surface area is 104 Å². The largest absolute Gasteiger partial charge is 0.336 e. The van der Waals surface area contributed by atoms with Crippen LogP contribution in [0.1, 0.15) is 23.7 Å². The molecule has 0 bridgehead atoms. The van der Waals surface area contributed by atoms with Gasteiger partial charge in [0.25, 0.3) is 5.91 Å². The van der Waals surface area contributed by atoms with E-state index in [4.69, 9.17) is 28.5 Å². The van der Waals surface area contributed by atoms with Gasteiger partial charge in [0.1, 0.15) is 6.04 Å². The third-order valence-corrected chi connectivity index (χ3v) is 2.69. The van der Waals surface area contributed by atoms with Gasteiger partial charge in [0.15, 0.2) is 0 Å². The van der Waals surface area contributed by atoms with Crippen LogP contribution in [0.5, 0.6) is 0 Å². The highest BCUT2D eigenvalue weighted by atomic mass is 35.5. The number of nitrogens with zero attached hydrogens (tertiary/aromatic N) is 1. The van der Waals surface area contributed by atoms with Gasteiger partial charge in [-0.05, 0) is 18.6 Å². The summed E-state index contributed by atoms with van der Waals surface area (Å²) in [4.78, 5) is 11.8. The Morgan fingerprint density at radius 2 is 2.06 bits per heavy atom. The van der Waals surface area contributed by atoms with Gasteiger partial charge in [0.05, 0.1) is 21.7 Å². The zero-order valence-corrected chi connectivity index (χ0v) is 10.1. The average molecular weight is 257 g/mol. The topological polar surface area (TPSA) is 52.9 Å². The first-order valence-electron chi connectivity index (χ1n) is 4.74. The molecule has 5 heteroatoms. The molecule has 1 rings (SSSR count). The van der Waals surface area contributed by atoms with Gasteiger partial charge in [-0.25, -0.2) is 0 Å². The summed E-state index contributed by atoms with van der Waals surface area (Å²) in [7, 11) is 0. The van der Waals surface area contributed by atoms with Crippen molar-refractivity contribution in [1.29, 1.82) is 5.26 Å². The van der Waals surface area contributed by atoms with Gasteiger partial charge in [-0.2, -0.15) is 5.26 Å². The number of amides is 1. The fourth-order valence-electron chi connectivity index (χ4n) is 1.17. The van der Waals surface area contributed by atoms with Gasteiger partial charge in [0.2, 0.25) is 0 Å². The van der Waals surface area contributed by atoms with Gasteiger partial charge in [0, 0.05) is 0 Å². The Hall–Kier alpha value is -1.24. The quantitative estimate of drug-likeness (QED) is 0.904. The van der Waals surface area contributed by atoms with E-state index in [1.165, 1.54) is 0 Å². The molecule has 0 aromatic heterocycles. The maximum absolute atomic E-state index is 11.8. The zero-order chi connectivity index (χ0) is 12.1. The molecule has 0 saturated carbocycles. The summed E-state index contributed by atoms with van der Waals surface area (Å²) in [5.74, 6) is -0.427. The number of carbonyl (C=O) groups excluding carboxylic acids is 1. The highest BCUT2D eigenvalue weighted by Crippen LogP contribution is 2.24. The first-order chi connectivity index (χ1) is 7.60. The van der Waals surface area contributed by atoms with E-state index in [1.54, 1.807) is 18.2 Å². The molecule has 0 aliphatic heterocycles. The predicted octanol–water partition coefficient (Wildman–Crippen LogP) is 3.03. The number of nitriles is 1. The minimum Gasteiger partial charge on any atom is -0.336 e. The summed E-state index contributed by atoms with van der Waals surface area (Å²) in [6.07, 6.45) is 0.532. The number of carbonyl (C=O) groups is 1. The molecule has 0 aliphatic rings. The van der Waals surface area contributed by atoms with Crippen LogP contribution in [0.4, 0.5) is 0 Å². The second-order valence-corrected chi connectivity index (χ2v) is 3.97. The molecule has 0 saturated heterocycles. The first-order valence-corrected chi connectivity index (χ1v) is 5.50. The van der Waals surface area contributed by atoms with E-state index in [9.17, 15) is 4.79 Å². The Kier molecular flexibility index (Phi) is 4.60. The molecular weight excluding hydrogens is 247 g/mol. The van der Waals surface area contributed by atoms with Crippen molar-refractivity contribution in [2.45, 2.75) is 19.4 Å². The molecule has 1 atom stereocenters. The maximum Gasteiger partial charge on any atom is 0.255 e. The minimum absolute atomic E-state index is 0.208. The maximum atomic E-state index is 11.8. The lowest BCUT2D eigenvalue weighted by Crippen LogP contribution is -2.33. The molecule has 0 heterocycles. The van der Waals surface area contributed by atoms with E-state index in [1.807, 2.05) is 13.0 Å². The molecule has 84 valence electrons. The van der Waals surface area contributed by atoms with E-state index in [0.29, 0.717) is 6.42 Å². The smallest absolute Gasteiger partial charge is 0.255 e. The molecule has 1 aromatic carbocycles. The minimum atomic E-state index is -0.528. The number of halogens is 2. The van der Waals surface area contributed by atoms with Crippen LogP contribution >= 0.6 is 23.2 Å². The third-order valence-electron chi connectivity index (χ3n) is 2.06. The zero-order valence-electron chi connectivity index (χ0n) is 8.63. The van der Waals surface area contributed by atoms with Crippen LogP contribution in [0, 0.1) is 11.3 Å². The lowest BCUT2D eigenvalue weighted by Gasteiger charge is -2.11. The highest BCUT2D eigenvalue weighted by molar-refractivity contribution is 6.39. The third kappa shape index (κ3) is 2.88. The molecule has 0 aliphatic carbocycles. The van der Waals surface area contributed by atoms with Gasteiger partial charge < -0.3 is 5.32 Å². The lowest BCUT2D eigenvalue weighted by atomic mass is 10.2. The number of hydrogen-bond donors (Lipinski definition) is 1. The predicted molar refractivity (Wildman–Crippen MR) is 63.6 cm³/mol. The van der Waals surface area contributed by atoms with Crippen molar-refractivity contribution in [1.82, 2.24) is 5.32 Å². The first kappa shape index (κ1) is 12.8. The van der Waals surface area contributed by atoms with Crippen molar-refractivity contribution in [2.75, 3.05) is 0 Å². The fourth-order valence-corrected chi connectivity index (χ4v) is 1.74. The molecule has 1 N–H and O–H groups in total. The van der Waals surface area contributed by atoms with Crippen molar-refractivity contribution in [2.24, 2.45) is 0 Å². The van der Waals surface area contributed by atoms with E-state index >= 15 is 0 Å². The highest BCUT2D eigenvalue weighted by Gasteiger charge is 2.17. The van der Waals surface area contributed by atoms with Gasteiger partial charge in [-0.15, -0.1) is 0 Å². The monoisotopic (exact) mass is 256 g/mol. The van der Waals surface area contributed by atoms with Crippen molar-refractivity contribution in [3.8, 4) is 6.07 Å². The second-order valence-electron chi connectivity index (χ2n) is 3.16. The van der Waals surface area contributed by atoms with Gasteiger partial charge in [-0.1, -0.05) is 36.2 Å². The summed E-state index contributed by atoms with van der Waals surface area (Å²) < 4.78 is 0. The Bertz CT molecular complexity index is 420. The number of rotatable bonds is 3. The van der Waals surface area contributed by atoms with Crippen LogP contribution in [0.15, 0.2) is 18.2 Å². The van der Waals surface area contributed by atoms with Crippen LogP contribution in [-0.2, 0) is 0 Å². The molecule has 3 nitrogen and oxygen atoms in total. The number of benzene rings is 1. The van der Waals surface area contributed by atoms with Crippen molar-refractivity contribution in [3.05, 3.63) is 33.8 Å². The fraction of sp³-hybridized carbons (Fsp3) is 0.273. The van der Waals surface area contributed by atoms with Crippen LogP contribution < -0.4 is 5.32 Å². The summed E-state index contributed by atoms with van der Waals surface area (Å²) in [5.41, 5.74) is 0.208. The second kappa shape index (κ2) is 5.74. The van der Waals surface area contributed by atoms with E-state index in [2.05, 4.69) is 5.32 Å². The summed E-state index contributed by atoms with van der Waals surface area (Å²) in [6, 6.07) is 6.26. The van der Waals surface area contributed by atoms with E-state index in [-0.39, 0.29) is 15.6 Å². The van der Waals surface area contributed by atoms with Crippen LogP contribution in [0.2, 0.25) is 10.0 Å². The summed E-state index contributed by atoms with van der Waals surface area (Å²) >= 11 is 11.7. The Morgan fingerprint density at radius 3 is 2.50 bits per heavy atom. The molecular formula is C11H10Cl2N2O. The van der Waals surface area contributed by atoms with Gasteiger partial charge >= 0.3 is 0 Å². The molecule has 1 aromatic rings. The van der Waals surface area contributed by atoms with Crippen molar-refractivity contribution >= 4 is 29.1 Å². The standard InChI is InChI=1S/C11H10Cl2N2O/c1-2-7(6-14)15-11(16)10-8(12)4-3-5-9(10)13/h3-5,7H,2H2,1H3,(H,15,16). The van der Waals surface area contributed by atoms with Crippen LogP contribution in [0.3, 0.4) is 0 Å². The van der Waals surface area contributed by atoms with Gasteiger partial charge in [-0.3, -0.25) is 4.79 Å². The summed E-state index contributed by atoms with van der Waals surface area (Å²) in [5, 5.41) is 11.8. The lowest BCUT2D eigenvalue weighted by molar-refractivity contribution is 0.0945. The van der Waals surface area contributed by atoms with E-state index in [0.717, 1.165) is 0 Å². The molecule has 0 spiro atoms. The molecule has 1 amide bonds. The SMILES string of the molecule is CCC(C#N)NC(=O)c1c(Cl)cccc1Cl. The van der Waals surface area contributed by atoms with Crippen LogP contribution in [0.25, 0.3) is 0 Å². The molecule has 1 unspecified atom stereocenters. The molecule has 0 radical (unpaired) electrons. The van der Waals surface area contributed by atoms with Crippen molar-refractivity contribution in [3.63, 3.8) is 0 Å². The van der Waals surface area contributed by atoms with Crippen LogP contribution in [-0.4, -0.2) is 11.9 Å². The Morgan fingerprint density at radius 1 is 1.50 bits per heavy atom. The van der Waals surface area contributed by atoms with Crippen molar-refractivity contribution < 1.29 is 4.79 Å². The normalized spacial score (nSPS) is 11.6. The number of hydrogen-bond acceptors (Lipinski definition) is 2.